The summed E-state index contributed by atoms with van der Waals surface area (Å²) in [4.78, 5) is 14.4. The van der Waals surface area contributed by atoms with Crippen molar-refractivity contribution >= 4 is 5.91 Å². The molecule has 19 heavy (non-hydrogen) atoms. The third-order valence-electron chi connectivity index (χ3n) is 5.39. The van der Waals surface area contributed by atoms with Crippen molar-refractivity contribution in [3.05, 3.63) is 0 Å². The van der Waals surface area contributed by atoms with E-state index in [0.29, 0.717) is 12.1 Å². The van der Waals surface area contributed by atoms with Crippen LogP contribution in [0.1, 0.15) is 59.3 Å². The molecule has 0 saturated heterocycles. The van der Waals surface area contributed by atoms with Crippen molar-refractivity contribution in [2.45, 2.75) is 82.5 Å². The fraction of sp³-hybridized carbons (Fsp3) is 0.933. The number of nitrogens with one attached hydrogen (secondary N) is 1. The maximum absolute atomic E-state index is 11.9. The Labute approximate surface area is 117 Å². The van der Waals surface area contributed by atoms with E-state index in [-0.39, 0.29) is 11.4 Å². The van der Waals surface area contributed by atoms with Gasteiger partial charge in [0, 0.05) is 17.6 Å². The third-order valence-corrected chi connectivity index (χ3v) is 5.39. The second-order valence-electron chi connectivity index (χ2n) is 7.04. The average molecular weight is 267 g/mol. The van der Waals surface area contributed by atoms with Crippen LogP contribution in [0.25, 0.3) is 0 Å². The molecule has 4 heteroatoms. The normalized spacial score (nSPS) is 31.9. The van der Waals surface area contributed by atoms with Gasteiger partial charge in [0.2, 0.25) is 5.91 Å². The Morgan fingerprint density at radius 3 is 2.53 bits per heavy atom. The van der Waals surface area contributed by atoms with Crippen molar-refractivity contribution in [3.8, 4) is 0 Å². The van der Waals surface area contributed by atoms with Crippen LogP contribution < -0.4 is 11.1 Å². The van der Waals surface area contributed by atoms with Gasteiger partial charge in [0.25, 0.3) is 0 Å². The Kier molecular flexibility index (Phi) is 3.94. The summed E-state index contributed by atoms with van der Waals surface area (Å²) in [5.74, 6) is -0.162. The van der Waals surface area contributed by atoms with Crippen LogP contribution in [0.5, 0.6) is 0 Å². The van der Waals surface area contributed by atoms with E-state index < -0.39 is 5.54 Å². The molecule has 0 aromatic rings. The van der Waals surface area contributed by atoms with Gasteiger partial charge in [-0.05, 0) is 59.4 Å². The lowest BCUT2D eigenvalue weighted by Crippen LogP contribution is -2.56. The minimum absolute atomic E-state index is 0.162. The summed E-state index contributed by atoms with van der Waals surface area (Å²) < 4.78 is 0. The fourth-order valence-corrected chi connectivity index (χ4v) is 3.14. The lowest BCUT2D eigenvalue weighted by Gasteiger charge is -2.40. The summed E-state index contributed by atoms with van der Waals surface area (Å²) in [6, 6.07) is 0.976. The minimum atomic E-state index is -0.454. The largest absolute Gasteiger partial charge is 0.368 e. The molecule has 3 N–H and O–H groups in total. The Bertz CT molecular complexity index is 351. The van der Waals surface area contributed by atoms with Crippen LogP contribution in [0.4, 0.5) is 0 Å². The SMILES string of the molecule is CCC(C)(C)N(C)C1CCC(NC2CC2)(C(N)=O)C1. The highest BCUT2D eigenvalue weighted by molar-refractivity contribution is 5.85. The molecule has 2 aliphatic rings. The van der Waals surface area contributed by atoms with Crippen molar-refractivity contribution in [1.82, 2.24) is 10.2 Å². The first-order valence-corrected chi connectivity index (χ1v) is 7.61. The molecule has 2 rings (SSSR count). The van der Waals surface area contributed by atoms with Crippen LogP contribution in [-0.2, 0) is 4.79 Å². The average Bonchev–Trinajstić information content (AvgIpc) is 3.05. The molecule has 110 valence electrons. The summed E-state index contributed by atoms with van der Waals surface area (Å²) in [6.45, 7) is 6.76. The molecule has 0 aromatic heterocycles. The number of rotatable bonds is 6. The van der Waals surface area contributed by atoms with E-state index in [2.05, 4.69) is 38.0 Å². The van der Waals surface area contributed by atoms with Gasteiger partial charge in [-0.3, -0.25) is 9.69 Å². The van der Waals surface area contributed by atoms with Gasteiger partial charge >= 0.3 is 0 Å². The van der Waals surface area contributed by atoms with E-state index in [1.54, 1.807) is 0 Å². The van der Waals surface area contributed by atoms with Gasteiger partial charge in [0.15, 0.2) is 0 Å². The standard InChI is InChI=1S/C15H29N3O/c1-5-14(2,3)18(4)12-8-9-15(10-12,13(16)19)17-11-6-7-11/h11-12,17H,5-10H2,1-4H3,(H2,16,19). The van der Waals surface area contributed by atoms with Crippen LogP contribution in [0.2, 0.25) is 0 Å². The van der Waals surface area contributed by atoms with Gasteiger partial charge < -0.3 is 11.1 Å². The number of primary amides is 1. The first kappa shape index (κ1) is 14.8. The Morgan fingerprint density at radius 2 is 2.05 bits per heavy atom. The molecule has 2 atom stereocenters. The number of amides is 1. The van der Waals surface area contributed by atoms with E-state index in [0.717, 1.165) is 25.7 Å². The molecule has 2 aliphatic carbocycles. The van der Waals surface area contributed by atoms with Crippen LogP contribution >= 0.6 is 0 Å². The lowest BCUT2D eigenvalue weighted by molar-refractivity contribution is -0.124. The van der Waals surface area contributed by atoms with Gasteiger partial charge in [-0.2, -0.15) is 0 Å². The van der Waals surface area contributed by atoms with Crippen molar-refractivity contribution in [2.75, 3.05) is 7.05 Å². The monoisotopic (exact) mass is 267 g/mol. The summed E-state index contributed by atoms with van der Waals surface area (Å²) >= 11 is 0. The van der Waals surface area contributed by atoms with Crippen molar-refractivity contribution in [2.24, 2.45) is 5.73 Å². The fourth-order valence-electron chi connectivity index (χ4n) is 3.14. The molecule has 0 aliphatic heterocycles. The number of nitrogens with two attached hydrogens (primary N) is 1. The summed E-state index contributed by atoms with van der Waals surface area (Å²) in [5, 5.41) is 3.52. The van der Waals surface area contributed by atoms with Crippen LogP contribution in [0, 0.1) is 0 Å². The molecule has 2 saturated carbocycles. The van der Waals surface area contributed by atoms with Gasteiger partial charge in [0.05, 0.1) is 5.54 Å². The molecular formula is C15H29N3O. The maximum Gasteiger partial charge on any atom is 0.237 e. The van der Waals surface area contributed by atoms with Crippen molar-refractivity contribution < 1.29 is 4.79 Å². The first-order valence-electron chi connectivity index (χ1n) is 7.61. The van der Waals surface area contributed by atoms with Crippen LogP contribution in [-0.4, -0.2) is 41.0 Å². The molecule has 2 fully saturated rings. The molecule has 0 heterocycles. The highest BCUT2D eigenvalue weighted by atomic mass is 16.1. The van der Waals surface area contributed by atoms with E-state index in [1.165, 1.54) is 12.8 Å². The smallest absolute Gasteiger partial charge is 0.237 e. The highest BCUT2D eigenvalue weighted by Gasteiger charge is 2.48. The topological polar surface area (TPSA) is 58.4 Å². The molecular weight excluding hydrogens is 238 g/mol. The van der Waals surface area contributed by atoms with Crippen molar-refractivity contribution in [1.29, 1.82) is 0 Å². The third kappa shape index (κ3) is 2.95. The molecule has 4 nitrogen and oxygen atoms in total. The molecule has 0 radical (unpaired) electrons. The van der Waals surface area contributed by atoms with E-state index in [9.17, 15) is 4.79 Å². The molecule has 1 amide bonds. The Morgan fingerprint density at radius 1 is 1.42 bits per heavy atom. The van der Waals surface area contributed by atoms with E-state index in [1.807, 2.05) is 0 Å². The maximum atomic E-state index is 11.9. The van der Waals surface area contributed by atoms with Gasteiger partial charge in [-0.15, -0.1) is 0 Å². The van der Waals surface area contributed by atoms with Crippen LogP contribution in [0.15, 0.2) is 0 Å². The second kappa shape index (κ2) is 5.06. The molecule has 2 unspecified atom stereocenters. The summed E-state index contributed by atoms with van der Waals surface area (Å²) in [5.41, 5.74) is 5.42. The van der Waals surface area contributed by atoms with Gasteiger partial charge in [0.1, 0.15) is 0 Å². The summed E-state index contributed by atoms with van der Waals surface area (Å²) in [7, 11) is 2.18. The Balaban J connectivity index is 2.05. The molecule has 0 spiro atoms. The zero-order chi connectivity index (χ0) is 14.3. The van der Waals surface area contributed by atoms with Crippen molar-refractivity contribution in [3.63, 3.8) is 0 Å². The zero-order valence-electron chi connectivity index (χ0n) is 12.8. The number of nitrogens with zero attached hydrogens (tertiary/aromatic N) is 1. The van der Waals surface area contributed by atoms with Crippen LogP contribution in [0.3, 0.4) is 0 Å². The molecule has 0 bridgehead atoms. The Hall–Kier alpha value is -0.610. The zero-order valence-corrected chi connectivity index (χ0v) is 12.8. The predicted molar refractivity (Wildman–Crippen MR) is 77.9 cm³/mol. The lowest BCUT2D eigenvalue weighted by atomic mass is 9.94. The second-order valence-corrected chi connectivity index (χ2v) is 7.04. The number of carbonyl (C=O) groups is 1. The van der Waals surface area contributed by atoms with E-state index in [4.69, 9.17) is 5.73 Å². The summed E-state index contributed by atoms with van der Waals surface area (Å²) in [6.07, 6.45) is 6.29. The number of hydrogen-bond acceptors (Lipinski definition) is 3. The van der Waals surface area contributed by atoms with Gasteiger partial charge in [-0.25, -0.2) is 0 Å². The molecule has 0 aromatic carbocycles. The quantitative estimate of drug-likeness (QED) is 0.769. The minimum Gasteiger partial charge on any atom is -0.368 e. The predicted octanol–water partition coefficient (Wildman–Crippen LogP) is 1.64. The number of carbonyl (C=O) groups excluding carboxylic acids is 1. The first-order chi connectivity index (χ1) is 8.81. The highest BCUT2D eigenvalue weighted by Crippen LogP contribution is 2.38. The number of hydrogen-bond donors (Lipinski definition) is 2. The van der Waals surface area contributed by atoms with E-state index >= 15 is 0 Å². The van der Waals surface area contributed by atoms with Gasteiger partial charge in [-0.1, -0.05) is 6.92 Å².